The van der Waals surface area contributed by atoms with Crippen molar-refractivity contribution >= 4 is 5.91 Å². The third kappa shape index (κ3) is 2.51. The molecular formula is C12H15F4N3O. The summed E-state index contributed by atoms with van der Waals surface area (Å²) in [5, 5.41) is 3.93. The summed E-state index contributed by atoms with van der Waals surface area (Å²) >= 11 is 0. The number of halogens is 4. The van der Waals surface area contributed by atoms with Gasteiger partial charge >= 0.3 is 6.18 Å². The van der Waals surface area contributed by atoms with Crippen molar-refractivity contribution < 1.29 is 22.4 Å². The molecule has 1 aromatic heterocycles. The Morgan fingerprint density at radius 2 is 2.15 bits per heavy atom. The summed E-state index contributed by atoms with van der Waals surface area (Å²) in [6.45, 7) is 3.39. The molecule has 0 bridgehead atoms. The number of hydrogen-bond donors (Lipinski definition) is 0. The van der Waals surface area contributed by atoms with E-state index in [0.29, 0.717) is 17.1 Å². The molecule has 1 aromatic rings. The van der Waals surface area contributed by atoms with Crippen molar-refractivity contribution in [1.29, 1.82) is 0 Å². The van der Waals surface area contributed by atoms with Crippen LogP contribution in [0.2, 0.25) is 0 Å². The van der Waals surface area contributed by atoms with E-state index in [1.54, 1.807) is 13.8 Å². The Balaban J connectivity index is 2.29. The van der Waals surface area contributed by atoms with E-state index in [-0.39, 0.29) is 5.56 Å². The summed E-state index contributed by atoms with van der Waals surface area (Å²) in [5.41, 5.74) is 0.580. The Morgan fingerprint density at radius 3 is 2.65 bits per heavy atom. The minimum Gasteiger partial charge on any atom is -0.323 e. The summed E-state index contributed by atoms with van der Waals surface area (Å²) in [5.74, 6) is -0.815. The van der Waals surface area contributed by atoms with Crippen LogP contribution in [0, 0.1) is 6.92 Å². The van der Waals surface area contributed by atoms with Crippen molar-refractivity contribution in [2.45, 2.75) is 45.2 Å². The zero-order valence-corrected chi connectivity index (χ0v) is 11.1. The predicted octanol–water partition coefficient (Wildman–Crippen LogP) is 2.33. The third-order valence-corrected chi connectivity index (χ3v) is 3.52. The van der Waals surface area contributed by atoms with Gasteiger partial charge in [-0.2, -0.15) is 18.3 Å². The van der Waals surface area contributed by atoms with E-state index in [1.807, 2.05) is 0 Å². The Bertz CT molecular complexity index is 511. The van der Waals surface area contributed by atoms with Crippen molar-refractivity contribution in [2.24, 2.45) is 0 Å². The van der Waals surface area contributed by atoms with Gasteiger partial charge in [-0.1, -0.05) is 0 Å². The quantitative estimate of drug-likeness (QED) is 0.785. The van der Waals surface area contributed by atoms with Crippen LogP contribution in [0.4, 0.5) is 17.6 Å². The molecule has 0 saturated carbocycles. The van der Waals surface area contributed by atoms with Gasteiger partial charge in [-0.15, -0.1) is 0 Å². The fourth-order valence-corrected chi connectivity index (χ4v) is 2.45. The van der Waals surface area contributed by atoms with Crippen LogP contribution in [0.15, 0.2) is 6.20 Å². The monoisotopic (exact) mass is 293 g/mol. The molecule has 1 fully saturated rings. The first-order valence-corrected chi connectivity index (χ1v) is 6.29. The molecule has 1 amide bonds. The van der Waals surface area contributed by atoms with E-state index >= 15 is 0 Å². The van der Waals surface area contributed by atoms with Crippen LogP contribution in [0.5, 0.6) is 0 Å². The van der Waals surface area contributed by atoms with Gasteiger partial charge in [0.05, 0.1) is 18.3 Å². The number of carbonyl (C=O) groups excluding carboxylic acids is 1. The van der Waals surface area contributed by atoms with Crippen molar-refractivity contribution in [1.82, 2.24) is 14.7 Å². The second kappa shape index (κ2) is 5.06. The van der Waals surface area contributed by atoms with E-state index in [0.717, 1.165) is 0 Å². The number of nitrogens with zero attached hydrogens (tertiary/aromatic N) is 3. The predicted molar refractivity (Wildman–Crippen MR) is 63.0 cm³/mol. The third-order valence-electron chi connectivity index (χ3n) is 3.52. The lowest BCUT2D eigenvalue weighted by Gasteiger charge is -2.26. The van der Waals surface area contributed by atoms with Crippen LogP contribution in [-0.4, -0.2) is 45.5 Å². The largest absolute Gasteiger partial charge is 0.408 e. The average molecular weight is 293 g/mol. The van der Waals surface area contributed by atoms with Gasteiger partial charge in [-0.25, -0.2) is 4.39 Å². The van der Waals surface area contributed by atoms with Gasteiger partial charge < -0.3 is 4.90 Å². The molecule has 1 aliphatic heterocycles. The molecular weight excluding hydrogens is 278 g/mol. The lowest BCUT2D eigenvalue weighted by Crippen LogP contribution is -2.44. The summed E-state index contributed by atoms with van der Waals surface area (Å²) in [6.07, 6.45) is -5.73. The van der Waals surface area contributed by atoms with Crippen molar-refractivity contribution in [2.75, 3.05) is 6.54 Å². The highest BCUT2D eigenvalue weighted by Gasteiger charge is 2.51. The molecule has 8 heteroatoms. The number of aromatic nitrogens is 2. The Morgan fingerprint density at radius 1 is 1.50 bits per heavy atom. The number of aryl methyl sites for hydroxylation is 1. The van der Waals surface area contributed by atoms with Gasteiger partial charge in [0.15, 0.2) is 0 Å². The number of hydrogen-bond acceptors (Lipinski definition) is 2. The van der Waals surface area contributed by atoms with Gasteiger partial charge in [-0.05, 0) is 13.8 Å². The van der Waals surface area contributed by atoms with E-state index in [9.17, 15) is 22.4 Å². The maximum atomic E-state index is 13.3. The Kier molecular flexibility index (Phi) is 3.75. The zero-order valence-electron chi connectivity index (χ0n) is 11.1. The summed E-state index contributed by atoms with van der Waals surface area (Å²) in [4.78, 5) is 12.8. The standard InChI is InChI=1S/C12H15F4N3O/c1-3-19-7(2)9(5-17-19)11(20)18-6-8(13)4-10(18)12(14,15)16/h5,8,10H,3-4,6H2,1-2H3/t8-,10-/m0/s1. The normalized spacial score (nSPS) is 23.4. The number of likely N-dealkylation sites (tertiary alicyclic amines) is 1. The zero-order chi connectivity index (χ0) is 15.1. The van der Waals surface area contributed by atoms with Crippen molar-refractivity contribution in [3.05, 3.63) is 17.5 Å². The molecule has 1 saturated heterocycles. The van der Waals surface area contributed by atoms with Gasteiger partial charge in [-0.3, -0.25) is 9.48 Å². The topological polar surface area (TPSA) is 38.1 Å². The minimum absolute atomic E-state index is 0.0928. The highest BCUT2D eigenvalue weighted by Crippen LogP contribution is 2.35. The van der Waals surface area contributed by atoms with Crippen LogP contribution in [0.25, 0.3) is 0 Å². The molecule has 0 aliphatic carbocycles. The van der Waals surface area contributed by atoms with Crippen LogP contribution in [0.3, 0.4) is 0 Å². The lowest BCUT2D eigenvalue weighted by molar-refractivity contribution is -0.170. The highest BCUT2D eigenvalue weighted by atomic mass is 19.4. The van der Waals surface area contributed by atoms with Gasteiger partial charge in [0.2, 0.25) is 0 Å². The Labute approximate surface area is 113 Å². The van der Waals surface area contributed by atoms with E-state index in [1.165, 1.54) is 10.9 Å². The first kappa shape index (κ1) is 14.8. The number of amides is 1. The molecule has 0 N–H and O–H groups in total. The van der Waals surface area contributed by atoms with Crippen LogP contribution in [-0.2, 0) is 6.54 Å². The van der Waals surface area contributed by atoms with Crippen molar-refractivity contribution in [3.63, 3.8) is 0 Å². The number of alkyl halides is 4. The molecule has 0 unspecified atom stereocenters. The van der Waals surface area contributed by atoms with Crippen LogP contribution in [0.1, 0.15) is 29.4 Å². The molecule has 0 radical (unpaired) electrons. The second-order valence-electron chi connectivity index (χ2n) is 4.81. The fraction of sp³-hybridized carbons (Fsp3) is 0.667. The lowest BCUT2D eigenvalue weighted by atomic mass is 10.2. The van der Waals surface area contributed by atoms with Gasteiger partial charge in [0.1, 0.15) is 12.2 Å². The molecule has 0 spiro atoms. The molecule has 112 valence electrons. The molecule has 20 heavy (non-hydrogen) atoms. The summed E-state index contributed by atoms with van der Waals surface area (Å²) in [7, 11) is 0. The van der Waals surface area contributed by atoms with Crippen LogP contribution < -0.4 is 0 Å². The van der Waals surface area contributed by atoms with E-state index in [4.69, 9.17) is 0 Å². The molecule has 0 aromatic carbocycles. The SMILES string of the molecule is CCn1ncc(C(=O)N2C[C@@H](F)C[C@H]2C(F)(F)F)c1C. The number of rotatable bonds is 2. The second-order valence-corrected chi connectivity index (χ2v) is 4.81. The first-order chi connectivity index (χ1) is 9.25. The highest BCUT2D eigenvalue weighted by molar-refractivity contribution is 5.95. The maximum Gasteiger partial charge on any atom is 0.408 e. The molecule has 2 heterocycles. The van der Waals surface area contributed by atoms with Crippen LogP contribution >= 0.6 is 0 Å². The molecule has 1 aliphatic rings. The Hall–Kier alpha value is -1.60. The average Bonchev–Trinajstić information content (AvgIpc) is 2.91. The summed E-state index contributed by atoms with van der Waals surface area (Å²) < 4.78 is 53.4. The number of carbonyl (C=O) groups is 1. The fourth-order valence-electron chi connectivity index (χ4n) is 2.45. The molecule has 2 atom stereocenters. The smallest absolute Gasteiger partial charge is 0.323 e. The molecule has 2 rings (SSSR count). The van der Waals surface area contributed by atoms with Crippen molar-refractivity contribution in [3.8, 4) is 0 Å². The molecule has 4 nitrogen and oxygen atoms in total. The van der Waals surface area contributed by atoms with E-state index in [2.05, 4.69) is 5.10 Å². The summed E-state index contributed by atoms with van der Waals surface area (Å²) in [6, 6.07) is -2.06. The first-order valence-electron chi connectivity index (χ1n) is 6.29. The van der Waals surface area contributed by atoms with Gasteiger partial charge in [0.25, 0.3) is 5.91 Å². The minimum atomic E-state index is -4.62. The van der Waals surface area contributed by atoms with E-state index < -0.39 is 37.3 Å². The maximum absolute atomic E-state index is 13.3. The van der Waals surface area contributed by atoms with Gasteiger partial charge in [0, 0.05) is 18.7 Å².